The van der Waals surface area contributed by atoms with Crippen LogP contribution < -0.4 is 11.5 Å². The molecular weight excluding hydrogens is 335 g/mol. The van der Waals surface area contributed by atoms with Gasteiger partial charge in [-0.2, -0.15) is 0 Å². The average molecular weight is 346 g/mol. The van der Waals surface area contributed by atoms with Gasteiger partial charge in [0.15, 0.2) is 0 Å². The number of halogens is 3. The molecule has 0 spiro atoms. The summed E-state index contributed by atoms with van der Waals surface area (Å²) in [4.78, 5) is 0. The average Bonchev–Trinajstić information content (AvgIpc) is 2.12. The van der Waals surface area contributed by atoms with Crippen molar-refractivity contribution < 1.29 is 5.11 Å². The lowest BCUT2D eigenvalue weighted by atomic mass is 10.1. The summed E-state index contributed by atoms with van der Waals surface area (Å²) >= 11 is 6.44. The van der Waals surface area contributed by atoms with Gasteiger partial charge in [-0.1, -0.05) is 0 Å². The van der Waals surface area contributed by atoms with Gasteiger partial charge in [0.05, 0.1) is 8.95 Å². The second-order valence-electron chi connectivity index (χ2n) is 2.68. The summed E-state index contributed by atoms with van der Waals surface area (Å²) in [5, 5.41) is 9.42. The molecule has 0 saturated carbocycles. The molecule has 0 fully saturated rings. The van der Waals surface area contributed by atoms with Crippen molar-refractivity contribution in [2.24, 2.45) is 11.5 Å². The van der Waals surface area contributed by atoms with Crippen molar-refractivity contribution in [3.8, 4) is 5.75 Å². The Kier molecular flexibility index (Phi) is 6.00. The molecule has 6 heteroatoms. The zero-order chi connectivity index (χ0) is 10.0. The number of benzene rings is 1. The standard InChI is InChI=1S/C8H10Br2N2O.ClH/c9-5-1-4(7(12)3-11)2-6(10)8(5)13;/h1-2,7,13H,3,11-12H2;1H/t7-;/m0./s1. The first-order chi connectivity index (χ1) is 6.06. The quantitative estimate of drug-likeness (QED) is 0.769. The van der Waals surface area contributed by atoms with Crippen molar-refractivity contribution in [3.63, 3.8) is 0 Å². The van der Waals surface area contributed by atoms with Crippen molar-refractivity contribution in [2.45, 2.75) is 6.04 Å². The monoisotopic (exact) mass is 344 g/mol. The van der Waals surface area contributed by atoms with Crippen LogP contribution in [0.1, 0.15) is 11.6 Å². The number of aromatic hydroxyl groups is 1. The molecule has 1 rings (SSSR count). The molecule has 0 radical (unpaired) electrons. The van der Waals surface area contributed by atoms with Crippen LogP contribution in [0.5, 0.6) is 5.75 Å². The topological polar surface area (TPSA) is 72.3 Å². The summed E-state index contributed by atoms with van der Waals surface area (Å²) in [5.74, 6) is 0.174. The lowest BCUT2D eigenvalue weighted by Gasteiger charge is -2.11. The molecule has 1 atom stereocenters. The van der Waals surface area contributed by atoms with Crippen LogP contribution in [0.3, 0.4) is 0 Å². The van der Waals surface area contributed by atoms with Gasteiger partial charge in [0.25, 0.3) is 0 Å². The van der Waals surface area contributed by atoms with Gasteiger partial charge in [-0.3, -0.25) is 0 Å². The van der Waals surface area contributed by atoms with Gasteiger partial charge in [-0.25, -0.2) is 0 Å². The van der Waals surface area contributed by atoms with E-state index in [-0.39, 0.29) is 24.2 Å². The lowest BCUT2D eigenvalue weighted by Crippen LogP contribution is -2.20. The Hall–Kier alpha value is 0.190. The normalized spacial score (nSPS) is 12.0. The maximum absolute atomic E-state index is 9.42. The number of nitrogens with two attached hydrogens (primary N) is 2. The predicted molar refractivity (Wildman–Crippen MR) is 66.7 cm³/mol. The minimum absolute atomic E-state index is 0. The summed E-state index contributed by atoms with van der Waals surface area (Å²) < 4.78 is 1.22. The highest BCUT2D eigenvalue weighted by Gasteiger charge is 2.09. The molecule has 0 aliphatic rings. The first-order valence-corrected chi connectivity index (χ1v) is 5.28. The molecule has 0 bridgehead atoms. The van der Waals surface area contributed by atoms with E-state index < -0.39 is 0 Å². The van der Waals surface area contributed by atoms with E-state index in [1.807, 2.05) is 0 Å². The summed E-state index contributed by atoms with van der Waals surface area (Å²) in [5.41, 5.74) is 12.0. The molecule has 3 nitrogen and oxygen atoms in total. The number of phenolic OH excluding ortho intramolecular Hbond substituents is 1. The molecule has 1 aromatic rings. The first kappa shape index (κ1) is 14.2. The fourth-order valence-corrected chi connectivity index (χ4v) is 2.16. The highest BCUT2D eigenvalue weighted by Crippen LogP contribution is 2.34. The fourth-order valence-electron chi connectivity index (χ4n) is 0.935. The van der Waals surface area contributed by atoms with E-state index in [0.29, 0.717) is 15.5 Å². The van der Waals surface area contributed by atoms with E-state index in [1.165, 1.54) is 0 Å². The minimum atomic E-state index is -0.201. The maximum atomic E-state index is 9.42. The Morgan fingerprint density at radius 1 is 1.29 bits per heavy atom. The van der Waals surface area contributed by atoms with Gasteiger partial charge in [-0.05, 0) is 49.6 Å². The van der Waals surface area contributed by atoms with Gasteiger partial charge >= 0.3 is 0 Å². The smallest absolute Gasteiger partial charge is 0.143 e. The van der Waals surface area contributed by atoms with Crippen LogP contribution in [0.15, 0.2) is 21.1 Å². The SMILES string of the molecule is Cl.NC[C@H](N)c1cc(Br)c(O)c(Br)c1. The van der Waals surface area contributed by atoms with Gasteiger partial charge in [0.1, 0.15) is 5.75 Å². The largest absolute Gasteiger partial charge is 0.506 e. The van der Waals surface area contributed by atoms with Crippen molar-refractivity contribution >= 4 is 44.3 Å². The Balaban J connectivity index is 0.00000169. The second kappa shape index (κ2) is 5.92. The van der Waals surface area contributed by atoms with E-state index in [9.17, 15) is 5.11 Å². The van der Waals surface area contributed by atoms with Gasteiger partial charge < -0.3 is 16.6 Å². The zero-order valence-electron chi connectivity index (χ0n) is 7.21. The van der Waals surface area contributed by atoms with Crippen LogP contribution in [0, 0.1) is 0 Å². The number of phenols is 1. The highest BCUT2D eigenvalue weighted by molar-refractivity contribution is 9.11. The molecule has 0 saturated heterocycles. The Labute approximate surface area is 106 Å². The number of rotatable bonds is 2. The van der Waals surface area contributed by atoms with E-state index in [1.54, 1.807) is 12.1 Å². The Bertz CT molecular complexity index is 299. The lowest BCUT2D eigenvalue weighted by molar-refractivity contribution is 0.468. The fraction of sp³-hybridized carbons (Fsp3) is 0.250. The molecule has 0 unspecified atom stereocenters. The second-order valence-corrected chi connectivity index (χ2v) is 4.38. The summed E-state index contributed by atoms with van der Waals surface area (Å²) in [7, 11) is 0. The van der Waals surface area contributed by atoms with E-state index in [2.05, 4.69) is 31.9 Å². The van der Waals surface area contributed by atoms with Crippen LogP contribution in [0.4, 0.5) is 0 Å². The van der Waals surface area contributed by atoms with Gasteiger partial charge in [0, 0.05) is 12.6 Å². The van der Waals surface area contributed by atoms with Crippen molar-refractivity contribution in [1.82, 2.24) is 0 Å². The maximum Gasteiger partial charge on any atom is 0.143 e. The molecule has 1 aromatic carbocycles. The third-order valence-corrected chi connectivity index (χ3v) is 2.93. The number of hydrogen-bond donors (Lipinski definition) is 3. The number of hydrogen-bond acceptors (Lipinski definition) is 3. The first-order valence-electron chi connectivity index (χ1n) is 3.69. The molecule has 0 amide bonds. The van der Waals surface area contributed by atoms with Gasteiger partial charge in [-0.15, -0.1) is 12.4 Å². The van der Waals surface area contributed by atoms with Crippen LogP contribution in [0.25, 0.3) is 0 Å². The van der Waals surface area contributed by atoms with Crippen LogP contribution >= 0.6 is 44.3 Å². The molecule has 80 valence electrons. The van der Waals surface area contributed by atoms with Crippen molar-refractivity contribution in [3.05, 3.63) is 26.6 Å². The van der Waals surface area contributed by atoms with E-state index in [0.717, 1.165) is 5.56 Å². The highest BCUT2D eigenvalue weighted by atomic mass is 79.9. The molecular formula is C8H11Br2ClN2O. The Morgan fingerprint density at radius 3 is 2.07 bits per heavy atom. The van der Waals surface area contributed by atoms with Crippen LogP contribution in [0.2, 0.25) is 0 Å². The molecule has 0 aliphatic carbocycles. The van der Waals surface area contributed by atoms with Gasteiger partial charge in [0.2, 0.25) is 0 Å². The predicted octanol–water partition coefficient (Wildman–Crippen LogP) is 2.30. The van der Waals surface area contributed by atoms with Crippen molar-refractivity contribution in [1.29, 1.82) is 0 Å². The summed E-state index contributed by atoms with van der Waals surface area (Å²) in [6.45, 7) is 0.379. The molecule has 0 heterocycles. The van der Waals surface area contributed by atoms with E-state index in [4.69, 9.17) is 11.5 Å². The van der Waals surface area contributed by atoms with E-state index >= 15 is 0 Å². The van der Waals surface area contributed by atoms with Crippen molar-refractivity contribution in [2.75, 3.05) is 6.54 Å². The third kappa shape index (κ3) is 3.10. The molecule has 0 aliphatic heterocycles. The Morgan fingerprint density at radius 2 is 1.71 bits per heavy atom. The minimum Gasteiger partial charge on any atom is -0.506 e. The summed E-state index contributed by atoms with van der Waals surface area (Å²) in [6.07, 6.45) is 0. The summed E-state index contributed by atoms with van der Waals surface area (Å²) in [6, 6.07) is 3.32. The zero-order valence-corrected chi connectivity index (χ0v) is 11.2. The molecule has 0 aromatic heterocycles. The van der Waals surface area contributed by atoms with Crippen LogP contribution in [-0.2, 0) is 0 Å². The molecule has 14 heavy (non-hydrogen) atoms. The van der Waals surface area contributed by atoms with Crippen LogP contribution in [-0.4, -0.2) is 11.7 Å². The molecule has 5 N–H and O–H groups in total. The third-order valence-electron chi connectivity index (χ3n) is 1.72.